The van der Waals surface area contributed by atoms with E-state index in [0.29, 0.717) is 22.2 Å². The number of hydrogen-bond acceptors (Lipinski definition) is 5. The molecule has 2 aromatic carbocycles. The lowest BCUT2D eigenvalue weighted by molar-refractivity contribution is -0.115. The third-order valence-corrected chi connectivity index (χ3v) is 5.41. The van der Waals surface area contributed by atoms with Gasteiger partial charge in [0.25, 0.3) is 0 Å². The number of aryl methyl sites for hydroxylation is 1. The Morgan fingerprint density at radius 3 is 2.57 bits per heavy atom. The van der Waals surface area contributed by atoms with Crippen molar-refractivity contribution in [2.75, 3.05) is 12.4 Å². The summed E-state index contributed by atoms with van der Waals surface area (Å²) >= 11 is 1.29. The van der Waals surface area contributed by atoms with Gasteiger partial charge in [-0.15, -0.1) is 10.2 Å². The fraction of sp³-hybridized carbons (Fsp3) is 0.250. The van der Waals surface area contributed by atoms with E-state index in [0.717, 1.165) is 11.3 Å². The number of hydrogen-bond donors (Lipinski definition) is 1. The van der Waals surface area contributed by atoms with Crippen LogP contribution in [0.15, 0.2) is 47.6 Å². The Bertz CT molecular complexity index is 988. The molecule has 0 bridgehead atoms. The maximum atomic E-state index is 13.7. The van der Waals surface area contributed by atoms with Crippen molar-refractivity contribution in [1.29, 1.82) is 0 Å². The van der Waals surface area contributed by atoms with Crippen LogP contribution in [0.5, 0.6) is 5.75 Å². The van der Waals surface area contributed by atoms with Gasteiger partial charge in [-0.25, -0.2) is 4.39 Å². The summed E-state index contributed by atoms with van der Waals surface area (Å²) in [5, 5.41) is 11.3. The number of carbonyl (C=O) groups excluding carboxylic acids is 1. The topological polar surface area (TPSA) is 69.0 Å². The molecular formula is C20H21FN4O2S. The molecule has 1 N–H and O–H groups in total. The summed E-state index contributed by atoms with van der Waals surface area (Å²) in [5.41, 5.74) is 1.86. The van der Waals surface area contributed by atoms with Gasteiger partial charge in [0.05, 0.1) is 12.4 Å². The maximum absolute atomic E-state index is 13.7. The van der Waals surface area contributed by atoms with Crippen molar-refractivity contribution in [3.8, 4) is 17.1 Å². The molecule has 1 atom stereocenters. The van der Waals surface area contributed by atoms with Crippen LogP contribution in [-0.2, 0) is 11.8 Å². The van der Waals surface area contributed by atoms with E-state index in [2.05, 4.69) is 15.5 Å². The number of nitrogens with one attached hydrogen (secondary N) is 1. The average molecular weight is 400 g/mol. The van der Waals surface area contributed by atoms with Crippen molar-refractivity contribution < 1.29 is 13.9 Å². The number of rotatable bonds is 6. The number of methoxy groups -OCH3 is 1. The fourth-order valence-electron chi connectivity index (χ4n) is 2.54. The summed E-state index contributed by atoms with van der Waals surface area (Å²) in [6.07, 6.45) is 0. The van der Waals surface area contributed by atoms with Crippen LogP contribution in [0.25, 0.3) is 11.4 Å². The molecule has 0 spiro atoms. The monoisotopic (exact) mass is 400 g/mol. The van der Waals surface area contributed by atoms with Gasteiger partial charge in [0.15, 0.2) is 11.0 Å². The van der Waals surface area contributed by atoms with Gasteiger partial charge in [0.2, 0.25) is 5.91 Å². The van der Waals surface area contributed by atoms with Crippen LogP contribution in [0.1, 0.15) is 12.5 Å². The molecule has 0 aliphatic heterocycles. The zero-order chi connectivity index (χ0) is 20.3. The zero-order valence-electron chi connectivity index (χ0n) is 16.1. The van der Waals surface area contributed by atoms with E-state index >= 15 is 0 Å². The van der Waals surface area contributed by atoms with Gasteiger partial charge < -0.3 is 14.6 Å². The van der Waals surface area contributed by atoms with Crippen LogP contribution in [0.4, 0.5) is 10.1 Å². The Balaban J connectivity index is 1.69. The Morgan fingerprint density at radius 1 is 1.21 bits per heavy atom. The van der Waals surface area contributed by atoms with E-state index in [1.165, 1.54) is 17.8 Å². The summed E-state index contributed by atoms with van der Waals surface area (Å²) in [7, 11) is 3.46. The van der Waals surface area contributed by atoms with E-state index in [1.807, 2.05) is 35.9 Å². The molecule has 1 amide bonds. The predicted octanol–water partition coefficient (Wildman–Crippen LogP) is 4.06. The minimum absolute atomic E-state index is 0.234. The van der Waals surface area contributed by atoms with Gasteiger partial charge in [0.1, 0.15) is 11.6 Å². The van der Waals surface area contributed by atoms with Crippen molar-refractivity contribution in [2.45, 2.75) is 24.3 Å². The number of nitrogens with zero attached hydrogens (tertiary/aromatic N) is 3. The minimum atomic E-state index is -0.434. The summed E-state index contributed by atoms with van der Waals surface area (Å²) < 4.78 is 20.7. The van der Waals surface area contributed by atoms with Crippen LogP contribution >= 0.6 is 11.8 Å². The molecule has 0 saturated carbocycles. The number of ether oxygens (including phenoxy) is 1. The van der Waals surface area contributed by atoms with Gasteiger partial charge >= 0.3 is 0 Å². The Morgan fingerprint density at radius 2 is 1.93 bits per heavy atom. The van der Waals surface area contributed by atoms with Gasteiger partial charge in [-0.3, -0.25) is 4.79 Å². The van der Waals surface area contributed by atoms with Crippen molar-refractivity contribution in [1.82, 2.24) is 14.8 Å². The first-order valence-electron chi connectivity index (χ1n) is 8.66. The normalized spacial score (nSPS) is 11.9. The van der Waals surface area contributed by atoms with Crippen LogP contribution in [-0.4, -0.2) is 33.0 Å². The molecule has 6 nitrogen and oxygen atoms in total. The first kappa shape index (κ1) is 19.9. The predicted molar refractivity (Wildman–Crippen MR) is 108 cm³/mol. The molecule has 1 heterocycles. The van der Waals surface area contributed by atoms with Crippen molar-refractivity contribution >= 4 is 23.4 Å². The smallest absolute Gasteiger partial charge is 0.237 e. The number of amides is 1. The highest BCUT2D eigenvalue weighted by atomic mass is 32.2. The molecule has 3 aromatic rings. The van der Waals surface area contributed by atoms with Crippen molar-refractivity contribution in [3.63, 3.8) is 0 Å². The van der Waals surface area contributed by atoms with Gasteiger partial charge in [-0.2, -0.15) is 0 Å². The van der Waals surface area contributed by atoms with Crippen LogP contribution in [0, 0.1) is 12.7 Å². The summed E-state index contributed by atoms with van der Waals surface area (Å²) in [5.74, 6) is 0.870. The molecule has 146 valence electrons. The highest BCUT2D eigenvalue weighted by Crippen LogP contribution is 2.27. The second kappa shape index (κ2) is 8.43. The van der Waals surface area contributed by atoms with Crippen molar-refractivity contribution in [3.05, 3.63) is 53.8 Å². The van der Waals surface area contributed by atoms with Crippen LogP contribution in [0.2, 0.25) is 0 Å². The van der Waals surface area contributed by atoms with Gasteiger partial charge in [-0.05, 0) is 55.8 Å². The number of halogens is 1. The molecule has 0 radical (unpaired) electrons. The standard InChI is InChI=1S/C20H21FN4O2S/c1-12-5-8-15(11-17(12)21)22-19(26)13(2)28-20-24-23-18(25(20)3)14-6-9-16(27-4)10-7-14/h5-11,13H,1-4H3,(H,22,26)/t13-/m1/s1. The minimum Gasteiger partial charge on any atom is -0.497 e. The number of benzene rings is 2. The molecular weight excluding hydrogens is 379 g/mol. The average Bonchev–Trinajstić information content (AvgIpc) is 3.05. The van der Waals surface area contributed by atoms with Crippen molar-refractivity contribution in [2.24, 2.45) is 7.05 Å². The largest absolute Gasteiger partial charge is 0.497 e. The lowest BCUT2D eigenvalue weighted by Gasteiger charge is -2.12. The zero-order valence-corrected chi connectivity index (χ0v) is 16.9. The second-order valence-electron chi connectivity index (χ2n) is 6.31. The van der Waals surface area contributed by atoms with E-state index in [4.69, 9.17) is 4.74 Å². The molecule has 0 aliphatic carbocycles. The first-order chi connectivity index (χ1) is 13.4. The van der Waals surface area contributed by atoms with Crippen LogP contribution in [0.3, 0.4) is 0 Å². The van der Waals surface area contributed by atoms with Gasteiger partial charge in [0, 0.05) is 18.3 Å². The summed E-state index contributed by atoms with van der Waals surface area (Å²) in [4.78, 5) is 12.4. The third-order valence-electron chi connectivity index (χ3n) is 4.27. The van der Waals surface area contributed by atoms with Gasteiger partial charge in [-0.1, -0.05) is 17.8 Å². The number of carbonyl (C=O) groups is 1. The lowest BCUT2D eigenvalue weighted by Crippen LogP contribution is -2.23. The molecule has 0 unspecified atom stereocenters. The SMILES string of the molecule is COc1ccc(-c2nnc(S[C@H](C)C(=O)Nc3ccc(C)c(F)c3)n2C)cc1. The van der Waals surface area contributed by atoms with E-state index in [9.17, 15) is 9.18 Å². The number of thioether (sulfide) groups is 1. The maximum Gasteiger partial charge on any atom is 0.237 e. The lowest BCUT2D eigenvalue weighted by atomic mass is 10.2. The molecule has 0 aliphatic rings. The second-order valence-corrected chi connectivity index (χ2v) is 7.61. The Hall–Kier alpha value is -2.87. The number of aromatic nitrogens is 3. The Kier molecular flexibility index (Phi) is 5.99. The summed E-state index contributed by atoms with van der Waals surface area (Å²) in [6.45, 7) is 3.44. The fourth-order valence-corrected chi connectivity index (χ4v) is 3.35. The molecule has 28 heavy (non-hydrogen) atoms. The highest BCUT2D eigenvalue weighted by Gasteiger charge is 2.20. The van der Waals surface area contributed by atoms with E-state index in [1.54, 1.807) is 33.1 Å². The van der Waals surface area contributed by atoms with E-state index < -0.39 is 5.25 Å². The van der Waals surface area contributed by atoms with Crippen LogP contribution < -0.4 is 10.1 Å². The first-order valence-corrected chi connectivity index (χ1v) is 9.54. The molecule has 1 aromatic heterocycles. The molecule has 0 fully saturated rings. The van der Waals surface area contributed by atoms with E-state index in [-0.39, 0.29) is 11.7 Å². The Labute approximate surface area is 167 Å². The quantitative estimate of drug-likeness (QED) is 0.632. The molecule has 0 saturated heterocycles. The number of anilines is 1. The highest BCUT2D eigenvalue weighted by molar-refractivity contribution is 8.00. The third kappa shape index (κ3) is 4.33. The molecule has 3 rings (SSSR count). The summed E-state index contributed by atoms with van der Waals surface area (Å²) in [6, 6.07) is 12.1. The molecule has 8 heteroatoms.